The van der Waals surface area contributed by atoms with Crippen molar-refractivity contribution in [3.05, 3.63) is 34.9 Å². The second kappa shape index (κ2) is 7.44. The van der Waals surface area contributed by atoms with E-state index in [4.69, 9.17) is 17.3 Å². The molecule has 1 fully saturated rings. The summed E-state index contributed by atoms with van der Waals surface area (Å²) in [5.41, 5.74) is 7.36. The smallest absolute Gasteiger partial charge is 0.0409 e. The van der Waals surface area contributed by atoms with Crippen molar-refractivity contribution in [2.24, 2.45) is 11.7 Å². The Morgan fingerprint density at radius 3 is 2.60 bits per heavy atom. The maximum atomic E-state index is 6.11. The standard InChI is InChI=1S/C17H27ClN2/c1-13(15-9-6-10-16(18)11-15)20(2)17(12-19)14-7-4-3-5-8-14/h6,9-11,13-14,17H,3-5,7-8,12,19H2,1-2H3. The van der Waals surface area contributed by atoms with Gasteiger partial charge in [-0.15, -0.1) is 0 Å². The molecular formula is C17H27ClN2. The third-order valence-corrected chi connectivity index (χ3v) is 5.14. The molecule has 0 radical (unpaired) electrons. The Morgan fingerprint density at radius 1 is 1.30 bits per heavy atom. The molecule has 0 saturated heterocycles. The van der Waals surface area contributed by atoms with Crippen LogP contribution < -0.4 is 5.73 Å². The number of likely N-dealkylation sites (N-methyl/N-ethyl adjacent to an activating group) is 1. The number of rotatable bonds is 5. The van der Waals surface area contributed by atoms with Gasteiger partial charge in [-0.25, -0.2) is 0 Å². The summed E-state index contributed by atoms with van der Waals surface area (Å²) in [6, 6.07) is 9.01. The van der Waals surface area contributed by atoms with Crippen molar-refractivity contribution in [1.29, 1.82) is 0 Å². The summed E-state index contributed by atoms with van der Waals surface area (Å²) in [6.45, 7) is 2.99. The van der Waals surface area contributed by atoms with E-state index in [0.29, 0.717) is 12.1 Å². The summed E-state index contributed by atoms with van der Waals surface area (Å²) in [5, 5.41) is 0.810. The van der Waals surface area contributed by atoms with Gasteiger partial charge in [0.15, 0.2) is 0 Å². The van der Waals surface area contributed by atoms with E-state index in [1.54, 1.807) is 0 Å². The first-order chi connectivity index (χ1) is 9.63. The van der Waals surface area contributed by atoms with E-state index in [-0.39, 0.29) is 0 Å². The Hall–Kier alpha value is -0.570. The molecule has 2 rings (SSSR count). The van der Waals surface area contributed by atoms with Crippen molar-refractivity contribution in [1.82, 2.24) is 4.90 Å². The molecule has 20 heavy (non-hydrogen) atoms. The van der Waals surface area contributed by atoms with E-state index < -0.39 is 0 Å². The van der Waals surface area contributed by atoms with Gasteiger partial charge in [-0.1, -0.05) is 43.0 Å². The molecule has 1 aliphatic carbocycles. The molecule has 2 nitrogen and oxygen atoms in total. The molecule has 0 aliphatic heterocycles. The van der Waals surface area contributed by atoms with Crippen LogP contribution in [0.4, 0.5) is 0 Å². The Labute approximate surface area is 128 Å². The predicted octanol–water partition coefficient (Wildman–Crippen LogP) is 4.24. The van der Waals surface area contributed by atoms with Gasteiger partial charge in [-0.3, -0.25) is 4.90 Å². The molecule has 0 bridgehead atoms. The van der Waals surface area contributed by atoms with Crippen molar-refractivity contribution in [3.63, 3.8) is 0 Å². The van der Waals surface area contributed by atoms with E-state index in [2.05, 4.69) is 31.0 Å². The van der Waals surface area contributed by atoms with Gasteiger partial charge in [0.05, 0.1) is 0 Å². The van der Waals surface area contributed by atoms with Gasteiger partial charge >= 0.3 is 0 Å². The Balaban J connectivity index is 2.08. The summed E-state index contributed by atoms with van der Waals surface area (Å²) in [6.07, 6.45) is 6.77. The molecular weight excluding hydrogens is 268 g/mol. The second-order valence-corrected chi connectivity index (χ2v) is 6.53. The van der Waals surface area contributed by atoms with Crippen LogP contribution in [0, 0.1) is 5.92 Å². The highest BCUT2D eigenvalue weighted by Crippen LogP contribution is 2.32. The fraction of sp³-hybridized carbons (Fsp3) is 0.647. The molecule has 2 unspecified atom stereocenters. The molecule has 1 aromatic rings. The summed E-state index contributed by atoms with van der Waals surface area (Å²) < 4.78 is 0. The van der Waals surface area contributed by atoms with Crippen molar-refractivity contribution >= 4 is 11.6 Å². The van der Waals surface area contributed by atoms with Crippen LogP contribution in [-0.4, -0.2) is 24.5 Å². The molecule has 0 heterocycles. The SMILES string of the molecule is CC(c1cccc(Cl)c1)N(C)C(CN)C1CCCCC1. The van der Waals surface area contributed by atoms with Crippen LogP contribution >= 0.6 is 11.6 Å². The number of hydrogen-bond donors (Lipinski definition) is 1. The third kappa shape index (κ3) is 3.75. The number of benzene rings is 1. The zero-order chi connectivity index (χ0) is 14.5. The highest BCUT2D eigenvalue weighted by atomic mass is 35.5. The van der Waals surface area contributed by atoms with Crippen LogP contribution in [0.25, 0.3) is 0 Å². The molecule has 0 amide bonds. The molecule has 1 saturated carbocycles. The zero-order valence-electron chi connectivity index (χ0n) is 12.7. The number of nitrogens with two attached hydrogens (primary N) is 1. The third-order valence-electron chi connectivity index (χ3n) is 4.90. The summed E-state index contributed by atoms with van der Waals surface area (Å²) in [5.74, 6) is 0.750. The Morgan fingerprint density at radius 2 is 2.00 bits per heavy atom. The largest absolute Gasteiger partial charge is 0.329 e. The van der Waals surface area contributed by atoms with Gasteiger partial charge in [0, 0.05) is 23.7 Å². The van der Waals surface area contributed by atoms with Crippen molar-refractivity contribution in [3.8, 4) is 0 Å². The molecule has 0 aromatic heterocycles. The van der Waals surface area contributed by atoms with Crippen LogP contribution in [-0.2, 0) is 0 Å². The zero-order valence-corrected chi connectivity index (χ0v) is 13.4. The maximum Gasteiger partial charge on any atom is 0.0409 e. The second-order valence-electron chi connectivity index (χ2n) is 6.10. The minimum atomic E-state index is 0.351. The van der Waals surface area contributed by atoms with Gasteiger partial charge in [-0.2, -0.15) is 0 Å². The lowest BCUT2D eigenvalue weighted by Crippen LogP contribution is -2.45. The summed E-state index contributed by atoms with van der Waals surface area (Å²) in [7, 11) is 2.21. The topological polar surface area (TPSA) is 29.3 Å². The monoisotopic (exact) mass is 294 g/mol. The first-order valence-corrected chi connectivity index (χ1v) is 8.18. The molecule has 0 spiro atoms. The van der Waals surface area contributed by atoms with Crippen LogP contribution in [0.15, 0.2) is 24.3 Å². The van der Waals surface area contributed by atoms with E-state index in [1.807, 2.05) is 12.1 Å². The molecule has 3 heteroatoms. The minimum Gasteiger partial charge on any atom is -0.329 e. The van der Waals surface area contributed by atoms with Gasteiger partial charge in [0.25, 0.3) is 0 Å². The lowest BCUT2D eigenvalue weighted by Gasteiger charge is -2.39. The van der Waals surface area contributed by atoms with Crippen LogP contribution in [0.1, 0.15) is 50.6 Å². The number of hydrogen-bond acceptors (Lipinski definition) is 2. The fourth-order valence-corrected chi connectivity index (χ4v) is 3.70. The molecule has 2 N–H and O–H groups in total. The van der Waals surface area contributed by atoms with E-state index in [9.17, 15) is 0 Å². The van der Waals surface area contributed by atoms with E-state index in [0.717, 1.165) is 17.5 Å². The van der Waals surface area contributed by atoms with Crippen LogP contribution in [0.3, 0.4) is 0 Å². The van der Waals surface area contributed by atoms with Crippen molar-refractivity contribution in [2.75, 3.05) is 13.6 Å². The Bertz CT molecular complexity index is 415. The fourth-order valence-electron chi connectivity index (χ4n) is 3.50. The van der Waals surface area contributed by atoms with E-state index >= 15 is 0 Å². The van der Waals surface area contributed by atoms with Crippen LogP contribution in [0.2, 0.25) is 5.02 Å². The maximum absolute atomic E-state index is 6.11. The van der Waals surface area contributed by atoms with Gasteiger partial charge in [0.2, 0.25) is 0 Å². The van der Waals surface area contributed by atoms with Crippen molar-refractivity contribution < 1.29 is 0 Å². The quantitative estimate of drug-likeness (QED) is 0.880. The molecule has 2 atom stereocenters. The minimum absolute atomic E-state index is 0.351. The Kier molecular flexibility index (Phi) is 5.88. The lowest BCUT2D eigenvalue weighted by atomic mass is 9.82. The van der Waals surface area contributed by atoms with Crippen LogP contribution in [0.5, 0.6) is 0 Å². The first kappa shape index (κ1) is 15.8. The average molecular weight is 295 g/mol. The average Bonchev–Trinajstić information content (AvgIpc) is 2.48. The summed E-state index contributed by atoms with van der Waals surface area (Å²) >= 11 is 6.11. The van der Waals surface area contributed by atoms with Gasteiger partial charge in [-0.05, 0) is 50.4 Å². The van der Waals surface area contributed by atoms with Crippen molar-refractivity contribution in [2.45, 2.75) is 51.1 Å². The van der Waals surface area contributed by atoms with E-state index in [1.165, 1.54) is 37.7 Å². The number of nitrogens with zero attached hydrogens (tertiary/aromatic N) is 1. The molecule has 1 aliphatic rings. The number of halogens is 1. The summed E-state index contributed by atoms with van der Waals surface area (Å²) in [4.78, 5) is 2.45. The predicted molar refractivity (Wildman–Crippen MR) is 87.0 cm³/mol. The highest BCUT2D eigenvalue weighted by Gasteiger charge is 2.28. The highest BCUT2D eigenvalue weighted by molar-refractivity contribution is 6.30. The van der Waals surface area contributed by atoms with Gasteiger partial charge < -0.3 is 5.73 Å². The molecule has 112 valence electrons. The normalized spacial score (nSPS) is 20.1. The first-order valence-electron chi connectivity index (χ1n) is 7.81. The van der Waals surface area contributed by atoms with Gasteiger partial charge in [0.1, 0.15) is 0 Å². The lowest BCUT2D eigenvalue weighted by molar-refractivity contribution is 0.114. The molecule has 1 aromatic carbocycles.